The van der Waals surface area contributed by atoms with Crippen LogP contribution < -0.4 is 9.47 Å². The largest absolute Gasteiger partial charge is 0.504 e. The van der Waals surface area contributed by atoms with Gasteiger partial charge in [0.15, 0.2) is 63.6 Å². The summed E-state index contributed by atoms with van der Waals surface area (Å²) in [6.45, 7) is -1.29. The second kappa shape index (κ2) is 15.3. The Morgan fingerprint density at radius 1 is 0.509 bits per heavy atom. The molecule has 1 aliphatic rings. The number of phenolic OH excluding ortho intramolecular Hbond substituents is 10. The van der Waals surface area contributed by atoms with Gasteiger partial charge in [0.05, 0.1) is 28.9 Å². The van der Waals surface area contributed by atoms with Crippen molar-refractivity contribution in [3.8, 4) is 69.0 Å². The summed E-state index contributed by atoms with van der Waals surface area (Å²) in [6.07, 6.45) is -6.52. The zero-order chi connectivity index (χ0) is 40.5. The van der Waals surface area contributed by atoms with E-state index >= 15 is 0 Å². The fourth-order valence-corrected chi connectivity index (χ4v) is 4.89. The van der Waals surface area contributed by atoms with Crippen LogP contribution in [0.25, 0.3) is 0 Å². The maximum atomic E-state index is 13.0. The van der Waals surface area contributed by atoms with Crippen molar-refractivity contribution in [2.24, 2.45) is 0 Å². The molecule has 0 amide bonds. The van der Waals surface area contributed by atoms with Crippen molar-refractivity contribution >= 4 is 23.9 Å². The second-order valence-corrected chi connectivity index (χ2v) is 11.6. The molecule has 4 aromatic rings. The Balaban J connectivity index is 1.23. The van der Waals surface area contributed by atoms with E-state index in [0.29, 0.717) is 30.3 Å². The summed E-state index contributed by atoms with van der Waals surface area (Å²) < 4.78 is 25.5. The molecule has 1 fully saturated rings. The summed E-state index contributed by atoms with van der Waals surface area (Å²) in [5.74, 6) is -16.3. The number of esters is 4. The number of hydrogen-bond donors (Lipinski definition) is 12. The van der Waals surface area contributed by atoms with Crippen molar-refractivity contribution in [2.45, 2.75) is 24.4 Å². The molecule has 0 spiro atoms. The third-order valence-corrected chi connectivity index (χ3v) is 7.82. The number of benzene rings is 4. The van der Waals surface area contributed by atoms with Gasteiger partial charge in [-0.15, -0.1) is 0 Å². The number of aliphatic hydroxyl groups excluding tert-OH is 2. The molecule has 4 unspecified atom stereocenters. The van der Waals surface area contributed by atoms with Gasteiger partial charge < -0.3 is 85.0 Å². The molecule has 290 valence electrons. The fraction of sp³-hybridized carbons (Fsp3) is 0.176. The minimum atomic E-state index is -1.82. The van der Waals surface area contributed by atoms with Crippen LogP contribution in [-0.4, -0.2) is 123 Å². The quantitative estimate of drug-likeness (QED) is 0.0632. The smallest absolute Gasteiger partial charge is 0.343 e. The lowest BCUT2D eigenvalue weighted by molar-refractivity contribution is -0.196. The van der Waals surface area contributed by atoms with E-state index in [-0.39, 0.29) is 0 Å². The van der Waals surface area contributed by atoms with Crippen molar-refractivity contribution in [1.29, 1.82) is 0 Å². The van der Waals surface area contributed by atoms with Gasteiger partial charge >= 0.3 is 23.9 Å². The number of carbonyl (C=O) groups excluding carboxylic acids is 4. The Bertz CT molecular complexity index is 2150. The minimum absolute atomic E-state index is 0.420. The van der Waals surface area contributed by atoms with E-state index in [1.165, 1.54) is 0 Å². The number of phenols is 10. The molecule has 1 heterocycles. The summed E-state index contributed by atoms with van der Waals surface area (Å²) in [4.78, 5) is 50.8. The average Bonchev–Trinajstić information content (AvgIpc) is 3.13. The van der Waals surface area contributed by atoms with Gasteiger partial charge in [-0.05, 0) is 48.5 Å². The zero-order valence-corrected chi connectivity index (χ0v) is 27.4. The Labute approximate surface area is 305 Å². The molecule has 12 N–H and O–H groups in total. The Kier molecular flexibility index (Phi) is 10.8. The van der Waals surface area contributed by atoms with Gasteiger partial charge in [0.1, 0.15) is 24.9 Å². The second-order valence-electron chi connectivity index (χ2n) is 11.6. The zero-order valence-electron chi connectivity index (χ0n) is 27.4. The predicted molar refractivity (Wildman–Crippen MR) is 174 cm³/mol. The standard InChI is InChI=1S/C34H28O21/c35-15-1-11(2-16(36)25(15)41)32(48)53-22-8-14(6-20(40)28(22)44)34(50)54-21-7-13(5-19(39)27(21)43)31(47)52-9-23-29(45)30(46)24(10-51-23)55-33(49)12-3-17(37)26(42)18(38)4-12/h1-8,23-24,29-30,35-46H,9-10H2. The number of hydrogen-bond acceptors (Lipinski definition) is 21. The average molecular weight is 773 g/mol. The molecule has 0 aromatic heterocycles. The van der Waals surface area contributed by atoms with Crippen LogP contribution in [0, 0.1) is 0 Å². The van der Waals surface area contributed by atoms with E-state index in [1.807, 2.05) is 0 Å². The van der Waals surface area contributed by atoms with Crippen LogP contribution in [0.3, 0.4) is 0 Å². The third-order valence-electron chi connectivity index (χ3n) is 7.82. The van der Waals surface area contributed by atoms with Crippen molar-refractivity contribution in [1.82, 2.24) is 0 Å². The van der Waals surface area contributed by atoms with Gasteiger partial charge in [0, 0.05) is 0 Å². The molecule has 0 radical (unpaired) electrons. The monoisotopic (exact) mass is 772 g/mol. The summed E-state index contributed by atoms with van der Waals surface area (Å²) in [6, 6.07) is 5.75. The molecule has 21 nitrogen and oxygen atoms in total. The van der Waals surface area contributed by atoms with Crippen molar-refractivity contribution < 1.29 is 104 Å². The molecule has 55 heavy (non-hydrogen) atoms. The van der Waals surface area contributed by atoms with Crippen LogP contribution in [0.5, 0.6) is 69.0 Å². The fourth-order valence-electron chi connectivity index (χ4n) is 4.89. The van der Waals surface area contributed by atoms with E-state index < -0.39 is 153 Å². The third kappa shape index (κ3) is 8.17. The number of carbonyl (C=O) groups is 4. The summed E-state index contributed by atoms with van der Waals surface area (Å²) in [7, 11) is 0. The van der Waals surface area contributed by atoms with Gasteiger partial charge in [0.2, 0.25) is 11.5 Å². The SMILES string of the molecule is O=C(OCC1OCC(OC(=O)c2cc(O)c(O)c(O)c2)C(O)C1O)c1cc(O)c(O)c(OC(=O)c2cc(O)c(O)c(OC(=O)c3cc(O)c(O)c(O)c3)c2)c1. The molecule has 0 saturated carbocycles. The highest BCUT2D eigenvalue weighted by Gasteiger charge is 2.41. The normalized spacial score (nSPS) is 17.9. The molecular weight excluding hydrogens is 744 g/mol. The minimum Gasteiger partial charge on any atom is -0.504 e. The maximum absolute atomic E-state index is 13.0. The first kappa shape index (κ1) is 38.9. The van der Waals surface area contributed by atoms with E-state index in [4.69, 9.17) is 23.7 Å². The van der Waals surface area contributed by atoms with E-state index in [2.05, 4.69) is 0 Å². The molecule has 4 aromatic carbocycles. The molecule has 0 bridgehead atoms. The van der Waals surface area contributed by atoms with E-state index in [9.17, 15) is 80.5 Å². The molecule has 1 saturated heterocycles. The number of ether oxygens (including phenoxy) is 5. The van der Waals surface area contributed by atoms with Crippen LogP contribution in [0.15, 0.2) is 48.5 Å². The molecule has 4 atom stereocenters. The highest BCUT2D eigenvalue weighted by molar-refractivity contribution is 5.96. The van der Waals surface area contributed by atoms with Crippen molar-refractivity contribution in [3.63, 3.8) is 0 Å². The first-order valence-electron chi connectivity index (χ1n) is 15.3. The molecule has 21 heteroatoms. The van der Waals surface area contributed by atoms with Crippen LogP contribution in [0.1, 0.15) is 41.4 Å². The van der Waals surface area contributed by atoms with Gasteiger partial charge in [0.25, 0.3) is 0 Å². The highest BCUT2D eigenvalue weighted by Crippen LogP contribution is 2.41. The molecule has 0 aliphatic carbocycles. The van der Waals surface area contributed by atoms with Crippen LogP contribution in [0.2, 0.25) is 0 Å². The Hall–Kier alpha value is -7.36. The summed E-state index contributed by atoms with van der Waals surface area (Å²) in [5.41, 5.74) is -2.13. The Morgan fingerprint density at radius 2 is 0.873 bits per heavy atom. The lowest BCUT2D eigenvalue weighted by Crippen LogP contribution is -2.55. The van der Waals surface area contributed by atoms with E-state index in [1.54, 1.807) is 0 Å². The highest BCUT2D eigenvalue weighted by atomic mass is 16.6. The number of rotatable bonds is 9. The van der Waals surface area contributed by atoms with Crippen LogP contribution >= 0.6 is 0 Å². The molecular formula is C34H28O21. The topological polar surface area (TPSA) is 357 Å². The van der Waals surface area contributed by atoms with Gasteiger partial charge in [-0.3, -0.25) is 0 Å². The summed E-state index contributed by atoms with van der Waals surface area (Å²) >= 11 is 0. The van der Waals surface area contributed by atoms with Crippen LogP contribution in [0.4, 0.5) is 0 Å². The van der Waals surface area contributed by atoms with Crippen LogP contribution in [-0.2, 0) is 14.2 Å². The number of aromatic hydroxyl groups is 10. The lowest BCUT2D eigenvalue weighted by Gasteiger charge is -2.36. The van der Waals surface area contributed by atoms with Gasteiger partial charge in [-0.2, -0.15) is 0 Å². The Morgan fingerprint density at radius 3 is 1.31 bits per heavy atom. The first-order chi connectivity index (χ1) is 25.9. The van der Waals surface area contributed by atoms with Gasteiger partial charge in [-0.1, -0.05) is 0 Å². The van der Waals surface area contributed by atoms with Crippen molar-refractivity contribution in [3.05, 3.63) is 70.8 Å². The maximum Gasteiger partial charge on any atom is 0.343 e. The molecule has 5 rings (SSSR count). The number of aliphatic hydroxyl groups is 2. The predicted octanol–water partition coefficient (Wildman–Crippen LogP) is 0.684. The van der Waals surface area contributed by atoms with Gasteiger partial charge in [-0.25, -0.2) is 19.2 Å². The first-order valence-corrected chi connectivity index (χ1v) is 15.3. The molecule has 1 aliphatic heterocycles. The summed E-state index contributed by atoms with van der Waals surface area (Å²) in [5, 5.41) is 119. The van der Waals surface area contributed by atoms with Crippen molar-refractivity contribution in [2.75, 3.05) is 13.2 Å². The lowest BCUT2D eigenvalue weighted by atomic mass is 10.0. The van der Waals surface area contributed by atoms with E-state index in [0.717, 1.165) is 18.2 Å².